The largest absolute Gasteiger partial charge is 0.385 e. The zero-order chi connectivity index (χ0) is 13.3. The molecular formula is C16H31IO. The van der Waals surface area contributed by atoms with E-state index in [4.69, 9.17) is 4.74 Å². The van der Waals surface area contributed by atoms with Crippen molar-refractivity contribution in [2.75, 3.05) is 18.1 Å². The van der Waals surface area contributed by atoms with Gasteiger partial charge in [-0.3, -0.25) is 0 Å². The van der Waals surface area contributed by atoms with Crippen LogP contribution in [0.2, 0.25) is 0 Å². The predicted molar refractivity (Wildman–Crippen MR) is 90.7 cm³/mol. The Kier molecular flexibility index (Phi) is 17.8. The first-order chi connectivity index (χ1) is 8.91. The first-order valence-electron chi connectivity index (χ1n) is 7.61. The van der Waals surface area contributed by atoms with Crippen molar-refractivity contribution >= 4 is 22.6 Å². The summed E-state index contributed by atoms with van der Waals surface area (Å²) in [7, 11) is 1.79. The molecule has 0 aliphatic heterocycles. The van der Waals surface area contributed by atoms with Crippen LogP contribution in [-0.2, 0) is 4.74 Å². The Balaban J connectivity index is 2.99. The molecule has 0 rings (SSSR count). The molecule has 2 heteroatoms. The number of halogens is 1. The number of hydrogen-bond acceptors (Lipinski definition) is 1. The Morgan fingerprint density at radius 2 is 1.22 bits per heavy atom. The number of methoxy groups -OCH3 is 1. The van der Waals surface area contributed by atoms with Gasteiger partial charge in [0, 0.05) is 13.7 Å². The standard InChI is InChI=1S/C16H31IO/c1-18-16-14-12-10-8-6-4-2-3-5-7-9-11-13-15-17/h3,5H,2,4,6-16H2,1H3/b5-3+. The van der Waals surface area contributed by atoms with E-state index >= 15 is 0 Å². The number of allylic oxidation sites excluding steroid dienone is 2. The van der Waals surface area contributed by atoms with Gasteiger partial charge in [-0.2, -0.15) is 0 Å². The van der Waals surface area contributed by atoms with Crippen molar-refractivity contribution in [3.8, 4) is 0 Å². The van der Waals surface area contributed by atoms with Crippen LogP contribution in [0.4, 0.5) is 0 Å². The second-order valence-corrected chi connectivity index (χ2v) is 5.99. The van der Waals surface area contributed by atoms with E-state index in [9.17, 15) is 0 Å². The van der Waals surface area contributed by atoms with E-state index in [2.05, 4.69) is 34.7 Å². The van der Waals surface area contributed by atoms with Gasteiger partial charge in [0.1, 0.15) is 0 Å². The quantitative estimate of drug-likeness (QED) is 0.161. The molecular weight excluding hydrogens is 335 g/mol. The molecule has 0 aliphatic rings. The minimum absolute atomic E-state index is 0.931. The van der Waals surface area contributed by atoms with Crippen molar-refractivity contribution in [2.24, 2.45) is 0 Å². The lowest BCUT2D eigenvalue weighted by atomic mass is 10.1. The molecule has 0 atom stereocenters. The molecule has 0 aliphatic carbocycles. The fourth-order valence-corrected chi connectivity index (χ4v) is 2.52. The van der Waals surface area contributed by atoms with Gasteiger partial charge in [0.05, 0.1) is 0 Å². The average Bonchev–Trinajstić information content (AvgIpc) is 2.39. The number of unbranched alkanes of at least 4 members (excludes halogenated alkanes) is 9. The molecule has 0 spiro atoms. The summed E-state index contributed by atoms with van der Waals surface area (Å²) < 4.78 is 6.35. The lowest BCUT2D eigenvalue weighted by Gasteiger charge is -2.00. The molecule has 0 aromatic heterocycles. The Hall–Kier alpha value is 0.430. The summed E-state index contributed by atoms with van der Waals surface area (Å²) >= 11 is 2.46. The summed E-state index contributed by atoms with van der Waals surface area (Å²) in [6, 6.07) is 0. The van der Waals surface area contributed by atoms with Gasteiger partial charge in [-0.15, -0.1) is 0 Å². The van der Waals surface area contributed by atoms with Crippen molar-refractivity contribution in [1.29, 1.82) is 0 Å². The van der Waals surface area contributed by atoms with Crippen molar-refractivity contribution in [3.05, 3.63) is 12.2 Å². The van der Waals surface area contributed by atoms with Gasteiger partial charge in [-0.05, 0) is 43.0 Å². The van der Waals surface area contributed by atoms with E-state index < -0.39 is 0 Å². The van der Waals surface area contributed by atoms with E-state index in [-0.39, 0.29) is 0 Å². The number of alkyl halides is 1. The van der Waals surface area contributed by atoms with Crippen LogP contribution in [0, 0.1) is 0 Å². The van der Waals surface area contributed by atoms with Gasteiger partial charge in [-0.1, -0.05) is 66.8 Å². The van der Waals surface area contributed by atoms with E-state index in [1.165, 1.54) is 75.1 Å². The molecule has 0 radical (unpaired) electrons. The lowest BCUT2D eigenvalue weighted by molar-refractivity contribution is 0.192. The SMILES string of the molecule is COCCCCCCCC/C=C/CCCCCI. The molecule has 0 unspecified atom stereocenters. The van der Waals surface area contributed by atoms with Crippen molar-refractivity contribution in [1.82, 2.24) is 0 Å². The third-order valence-corrected chi connectivity index (χ3v) is 3.90. The highest BCUT2D eigenvalue weighted by Gasteiger charge is 1.90. The fraction of sp³-hybridized carbons (Fsp3) is 0.875. The summed E-state index contributed by atoms with van der Waals surface area (Å²) in [6.45, 7) is 0.931. The molecule has 0 saturated heterocycles. The number of hydrogen-bond donors (Lipinski definition) is 0. The van der Waals surface area contributed by atoms with E-state index in [0.29, 0.717) is 0 Å². The van der Waals surface area contributed by atoms with Crippen LogP contribution in [0.5, 0.6) is 0 Å². The third-order valence-electron chi connectivity index (χ3n) is 3.14. The summed E-state index contributed by atoms with van der Waals surface area (Å²) in [4.78, 5) is 0. The summed E-state index contributed by atoms with van der Waals surface area (Å²) in [5, 5.41) is 0. The molecule has 0 fully saturated rings. The first kappa shape index (κ1) is 18.4. The van der Waals surface area contributed by atoms with Gasteiger partial charge in [0.25, 0.3) is 0 Å². The van der Waals surface area contributed by atoms with E-state index in [1.54, 1.807) is 7.11 Å². The highest BCUT2D eigenvalue weighted by atomic mass is 127. The predicted octanol–water partition coefficient (Wildman–Crippen LogP) is 5.92. The van der Waals surface area contributed by atoms with Crippen molar-refractivity contribution in [3.63, 3.8) is 0 Å². The van der Waals surface area contributed by atoms with Gasteiger partial charge in [0.2, 0.25) is 0 Å². The number of rotatable bonds is 14. The highest BCUT2D eigenvalue weighted by molar-refractivity contribution is 14.1. The minimum atomic E-state index is 0.931. The summed E-state index contributed by atoms with van der Waals surface area (Å²) in [6.07, 6.45) is 19.6. The second-order valence-electron chi connectivity index (χ2n) is 4.91. The van der Waals surface area contributed by atoms with Crippen LogP contribution in [0.25, 0.3) is 0 Å². The van der Waals surface area contributed by atoms with Crippen LogP contribution in [0.15, 0.2) is 12.2 Å². The maximum Gasteiger partial charge on any atom is 0.0462 e. The first-order valence-corrected chi connectivity index (χ1v) is 9.14. The van der Waals surface area contributed by atoms with Crippen LogP contribution in [0.3, 0.4) is 0 Å². The minimum Gasteiger partial charge on any atom is -0.385 e. The molecule has 0 aromatic rings. The van der Waals surface area contributed by atoms with Crippen LogP contribution >= 0.6 is 22.6 Å². The molecule has 0 aromatic carbocycles. The maximum atomic E-state index is 5.04. The fourth-order valence-electron chi connectivity index (χ4n) is 1.98. The summed E-state index contributed by atoms with van der Waals surface area (Å²) in [5.41, 5.74) is 0. The van der Waals surface area contributed by atoms with Crippen LogP contribution in [0.1, 0.15) is 70.6 Å². The zero-order valence-corrected chi connectivity index (χ0v) is 14.3. The van der Waals surface area contributed by atoms with Gasteiger partial charge in [0.15, 0.2) is 0 Å². The van der Waals surface area contributed by atoms with Gasteiger partial charge < -0.3 is 4.74 Å². The smallest absolute Gasteiger partial charge is 0.0462 e. The van der Waals surface area contributed by atoms with Crippen molar-refractivity contribution < 1.29 is 4.74 Å². The maximum absolute atomic E-state index is 5.04. The average molecular weight is 366 g/mol. The third kappa shape index (κ3) is 16.4. The highest BCUT2D eigenvalue weighted by Crippen LogP contribution is 2.08. The Morgan fingerprint density at radius 3 is 1.78 bits per heavy atom. The molecule has 18 heavy (non-hydrogen) atoms. The van der Waals surface area contributed by atoms with Gasteiger partial charge in [-0.25, -0.2) is 0 Å². The lowest BCUT2D eigenvalue weighted by Crippen LogP contribution is -1.88. The molecule has 0 amide bonds. The summed E-state index contributed by atoms with van der Waals surface area (Å²) in [5.74, 6) is 0. The number of ether oxygens (including phenoxy) is 1. The van der Waals surface area contributed by atoms with E-state index in [0.717, 1.165) is 6.61 Å². The molecule has 0 saturated carbocycles. The van der Waals surface area contributed by atoms with Crippen LogP contribution in [-0.4, -0.2) is 18.1 Å². The second kappa shape index (κ2) is 17.4. The zero-order valence-electron chi connectivity index (χ0n) is 12.1. The Labute approximate surface area is 128 Å². The normalized spacial score (nSPS) is 11.4. The molecule has 0 heterocycles. The van der Waals surface area contributed by atoms with Gasteiger partial charge >= 0.3 is 0 Å². The molecule has 0 N–H and O–H groups in total. The Morgan fingerprint density at radius 1 is 0.722 bits per heavy atom. The topological polar surface area (TPSA) is 9.23 Å². The molecule has 108 valence electrons. The monoisotopic (exact) mass is 366 g/mol. The van der Waals surface area contributed by atoms with Crippen LogP contribution < -0.4 is 0 Å². The van der Waals surface area contributed by atoms with Crippen molar-refractivity contribution in [2.45, 2.75) is 70.6 Å². The molecule has 0 bridgehead atoms. The van der Waals surface area contributed by atoms with E-state index in [1.807, 2.05) is 0 Å². The Bertz CT molecular complexity index is 168. The molecule has 1 nitrogen and oxygen atoms in total.